The van der Waals surface area contributed by atoms with E-state index in [1.165, 1.54) is 17.0 Å². The van der Waals surface area contributed by atoms with Crippen LogP contribution in [0.1, 0.15) is 25.8 Å². The lowest BCUT2D eigenvalue weighted by molar-refractivity contribution is -0.141. The summed E-state index contributed by atoms with van der Waals surface area (Å²) in [6.45, 7) is 4.23. The molecule has 0 bridgehead atoms. The van der Waals surface area contributed by atoms with E-state index in [1.54, 1.807) is 26.0 Å². The zero-order valence-corrected chi connectivity index (χ0v) is 15.0. The largest absolute Gasteiger partial charge is 0.481 e. The SMILES string of the molecule is CC(C)NS(=O)(=O)c1cccc(CNC(=O)N2CCC(C(=O)O)C2)c1. The number of nitrogens with zero attached hydrogens (tertiary/aromatic N) is 1. The van der Waals surface area contributed by atoms with Crippen molar-refractivity contribution in [2.75, 3.05) is 13.1 Å². The Morgan fingerprint density at radius 1 is 1.36 bits per heavy atom. The zero-order chi connectivity index (χ0) is 18.6. The molecule has 1 aromatic rings. The first-order valence-corrected chi connectivity index (χ1v) is 9.54. The Morgan fingerprint density at radius 3 is 2.68 bits per heavy atom. The average molecular weight is 369 g/mol. The molecule has 3 N–H and O–H groups in total. The fraction of sp³-hybridized carbons (Fsp3) is 0.500. The van der Waals surface area contributed by atoms with Crippen LogP contribution in [-0.4, -0.2) is 49.6 Å². The van der Waals surface area contributed by atoms with Crippen molar-refractivity contribution in [2.24, 2.45) is 5.92 Å². The predicted octanol–water partition coefficient (Wildman–Crippen LogP) is 0.989. The third-order valence-electron chi connectivity index (χ3n) is 3.87. The maximum atomic E-state index is 12.2. The molecular formula is C16H23N3O5S. The van der Waals surface area contributed by atoms with E-state index < -0.39 is 21.9 Å². The van der Waals surface area contributed by atoms with Gasteiger partial charge < -0.3 is 15.3 Å². The van der Waals surface area contributed by atoms with Gasteiger partial charge >= 0.3 is 12.0 Å². The maximum Gasteiger partial charge on any atom is 0.317 e. The normalized spacial score (nSPS) is 17.7. The van der Waals surface area contributed by atoms with Gasteiger partial charge in [-0.25, -0.2) is 17.9 Å². The van der Waals surface area contributed by atoms with Crippen LogP contribution in [0.25, 0.3) is 0 Å². The lowest BCUT2D eigenvalue weighted by Crippen LogP contribution is -2.38. The highest BCUT2D eigenvalue weighted by atomic mass is 32.2. The molecule has 8 nitrogen and oxygen atoms in total. The number of aliphatic carboxylic acids is 1. The second-order valence-corrected chi connectivity index (χ2v) is 8.07. The van der Waals surface area contributed by atoms with E-state index in [0.717, 1.165) is 0 Å². The molecule has 1 aliphatic rings. The third kappa shape index (κ3) is 5.17. The number of carboxylic acids is 1. The molecule has 138 valence electrons. The van der Waals surface area contributed by atoms with E-state index in [9.17, 15) is 18.0 Å². The minimum absolute atomic E-state index is 0.139. The molecule has 1 saturated heterocycles. The number of carbonyl (C=O) groups is 2. The smallest absolute Gasteiger partial charge is 0.317 e. The van der Waals surface area contributed by atoms with Crippen LogP contribution in [0.2, 0.25) is 0 Å². The number of urea groups is 1. The number of rotatable bonds is 6. The quantitative estimate of drug-likeness (QED) is 0.691. The van der Waals surface area contributed by atoms with Gasteiger partial charge in [0.15, 0.2) is 0 Å². The van der Waals surface area contributed by atoms with E-state index in [1.807, 2.05) is 0 Å². The number of nitrogens with one attached hydrogen (secondary N) is 2. The molecule has 1 unspecified atom stereocenters. The average Bonchev–Trinajstić information content (AvgIpc) is 3.02. The first-order chi connectivity index (χ1) is 11.7. The summed E-state index contributed by atoms with van der Waals surface area (Å²) in [7, 11) is -3.59. The lowest BCUT2D eigenvalue weighted by atomic mass is 10.1. The minimum atomic E-state index is -3.59. The van der Waals surface area contributed by atoms with Crippen LogP contribution in [0.4, 0.5) is 4.79 Å². The van der Waals surface area contributed by atoms with E-state index in [2.05, 4.69) is 10.0 Å². The second kappa shape index (κ2) is 7.83. The standard InChI is InChI=1S/C16H23N3O5S/c1-11(2)18-25(23,24)14-5-3-4-12(8-14)9-17-16(22)19-7-6-13(10-19)15(20)21/h3-5,8,11,13,18H,6-7,9-10H2,1-2H3,(H,17,22)(H,20,21). The number of benzene rings is 1. The molecule has 1 heterocycles. The van der Waals surface area contributed by atoms with Crippen LogP contribution in [0.3, 0.4) is 0 Å². The molecule has 0 saturated carbocycles. The first kappa shape index (κ1) is 19.2. The van der Waals surface area contributed by atoms with Crippen LogP contribution in [0.5, 0.6) is 0 Å². The highest BCUT2D eigenvalue weighted by Crippen LogP contribution is 2.16. The summed E-state index contributed by atoms with van der Waals surface area (Å²) in [5.74, 6) is -1.42. The van der Waals surface area contributed by atoms with Crippen LogP contribution >= 0.6 is 0 Å². The maximum absolute atomic E-state index is 12.2. The summed E-state index contributed by atoms with van der Waals surface area (Å²) in [5.41, 5.74) is 0.647. The van der Waals surface area contributed by atoms with Gasteiger partial charge in [0.05, 0.1) is 10.8 Å². The second-order valence-electron chi connectivity index (χ2n) is 6.35. The Hall–Kier alpha value is -2.13. The minimum Gasteiger partial charge on any atom is -0.481 e. The van der Waals surface area contributed by atoms with E-state index in [4.69, 9.17) is 5.11 Å². The Balaban J connectivity index is 1.97. The molecule has 9 heteroatoms. The molecular weight excluding hydrogens is 346 g/mol. The van der Waals surface area contributed by atoms with Gasteiger partial charge in [-0.05, 0) is 38.0 Å². The van der Waals surface area contributed by atoms with E-state index >= 15 is 0 Å². The molecule has 1 atom stereocenters. The Morgan fingerprint density at radius 2 is 2.08 bits per heavy atom. The van der Waals surface area contributed by atoms with Crippen LogP contribution in [0, 0.1) is 5.92 Å². The number of hydrogen-bond donors (Lipinski definition) is 3. The number of sulfonamides is 1. The molecule has 0 radical (unpaired) electrons. The molecule has 2 amide bonds. The fourth-order valence-electron chi connectivity index (χ4n) is 2.64. The Labute approximate surface area is 147 Å². The van der Waals surface area contributed by atoms with Gasteiger partial charge in [0.2, 0.25) is 10.0 Å². The zero-order valence-electron chi connectivity index (χ0n) is 14.2. The fourth-order valence-corrected chi connectivity index (χ4v) is 3.96. The summed E-state index contributed by atoms with van der Waals surface area (Å²) < 4.78 is 26.9. The van der Waals surface area contributed by atoms with Gasteiger partial charge in [0.1, 0.15) is 0 Å². The van der Waals surface area contributed by atoms with Crippen molar-refractivity contribution in [1.29, 1.82) is 0 Å². The van der Waals surface area contributed by atoms with Crippen molar-refractivity contribution in [1.82, 2.24) is 14.9 Å². The van der Waals surface area contributed by atoms with Crippen LogP contribution < -0.4 is 10.0 Å². The Bertz CT molecular complexity index is 748. The highest BCUT2D eigenvalue weighted by molar-refractivity contribution is 7.89. The van der Waals surface area contributed by atoms with Gasteiger partial charge in [0.25, 0.3) is 0 Å². The molecule has 0 aromatic heterocycles. The number of carboxylic acid groups (broad SMARTS) is 1. The summed E-state index contributed by atoms with van der Waals surface area (Å²) in [4.78, 5) is 24.6. The lowest BCUT2D eigenvalue weighted by Gasteiger charge is -2.17. The van der Waals surface area contributed by atoms with Gasteiger partial charge in [-0.1, -0.05) is 12.1 Å². The van der Waals surface area contributed by atoms with E-state index in [0.29, 0.717) is 18.5 Å². The summed E-state index contributed by atoms with van der Waals surface area (Å²) in [6.07, 6.45) is 0.442. The van der Waals surface area contributed by atoms with E-state index in [-0.39, 0.29) is 30.1 Å². The van der Waals surface area contributed by atoms with Crippen molar-refractivity contribution in [3.63, 3.8) is 0 Å². The Kier molecular flexibility index (Phi) is 6.02. The molecule has 0 spiro atoms. The molecule has 25 heavy (non-hydrogen) atoms. The molecule has 1 fully saturated rings. The van der Waals surface area contributed by atoms with Gasteiger partial charge in [-0.3, -0.25) is 4.79 Å². The monoisotopic (exact) mass is 369 g/mol. The molecule has 1 aromatic carbocycles. The van der Waals surface area contributed by atoms with Gasteiger partial charge in [-0.2, -0.15) is 0 Å². The van der Waals surface area contributed by atoms with Crippen molar-refractivity contribution in [3.8, 4) is 0 Å². The summed E-state index contributed by atoms with van der Waals surface area (Å²) >= 11 is 0. The van der Waals surface area contributed by atoms with Gasteiger partial charge in [0, 0.05) is 25.7 Å². The van der Waals surface area contributed by atoms with Crippen molar-refractivity contribution in [3.05, 3.63) is 29.8 Å². The van der Waals surface area contributed by atoms with Crippen molar-refractivity contribution < 1.29 is 23.1 Å². The number of amides is 2. The number of hydrogen-bond acceptors (Lipinski definition) is 4. The first-order valence-electron chi connectivity index (χ1n) is 8.06. The van der Waals surface area contributed by atoms with Crippen LogP contribution in [0.15, 0.2) is 29.2 Å². The highest BCUT2D eigenvalue weighted by Gasteiger charge is 2.30. The summed E-state index contributed by atoms with van der Waals surface area (Å²) in [6, 6.07) is 5.78. The molecule has 1 aliphatic heterocycles. The number of likely N-dealkylation sites (tertiary alicyclic amines) is 1. The van der Waals surface area contributed by atoms with Crippen molar-refractivity contribution >= 4 is 22.0 Å². The van der Waals surface area contributed by atoms with Gasteiger partial charge in [-0.15, -0.1) is 0 Å². The predicted molar refractivity (Wildman–Crippen MR) is 91.5 cm³/mol. The molecule has 0 aliphatic carbocycles. The number of carbonyl (C=O) groups excluding carboxylic acids is 1. The van der Waals surface area contributed by atoms with Crippen molar-refractivity contribution in [2.45, 2.75) is 37.8 Å². The topological polar surface area (TPSA) is 116 Å². The summed E-state index contributed by atoms with van der Waals surface area (Å²) in [5, 5.41) is 11.7. The molecule has 2 rings (SSSR count). The van der Waals surface area contributed by atoms with Crippen LogP contribution in [-0.2, 0) is 21.4 Å². The third-order valence-corrected chi connectivity index (χ3v) is 5.52.